The molecule has 0 aliphatic carbocycles. The molecule has 1 aliphatic heterocycles. The third kappa shape index (κ3) is 6.43. The fraction of sp³-hybridized carbons (Fsp3) is 0.500. The van der Waals surface area contributed by atoms with E-state index in [1.807, 2.05) is 35.3 Å². The van der Waals surface area contributed by atoms with E-state index >= 15 is 0 Å². The van der Waals surface area contributed by atoms with Crippen molar-refractivity contribution in [3.8, 4) is 0 Å². The van der Waals surface area contributed by atoms with Gasteiger partial charge in [-0.2, -0.15) is 5.10 Å². The van der Waals surface area contributed by atoms with Crippen molar-refractivity contribution in [1.29, 1.82) is 0 Å². The van der Waals surface area contributed by atoms with Crippen molar-refractivity contribution in [3.05, 3.63) is 66.0 Å². The van der Waals surface area contributed by atoms with Crippen LogP contribution < -0.4 is 10.3 Å². The normalized spacial score (nSPS) is 18.3. The van der Waals surface area contributed by atoms with Gasteiger partial charge in [-0.1, -0.05) is 77.3 Å². The van der Waals surface area contributed by atoms with Gasteiger partial charge < -0.3 is 5.32 Å². The second kappa shape index (κ2) is 11.4. The standard InChI is InChI=1S/C28H38FN3O/c1-5-7-14-24-25(27(33)30-20-11-19-28(3,4)6-2)26(21-15-17-22(29)18-16-21)31-32(24)23-12-9-8-10-13-23/h8-10,12-13,15-18,24-25H,5-7,11,14,19-20H2,1-4H3,(H,30,33). The van der Waals surface area contributed by atoms with Gasteiger partial charge in [0.05, 0.1) is 17.4 Å². The highest BCUT2D eigenvalue weighted by Crippen LogP contribution is 2.34. The second-order valence-corrected chi connectivity index (χ2v) is 9.77. The number of halogens is 1. The Hall–Kier alpha value is -2.69. The summed E-state index contributed by atoms with van der Waals surface area (Å²) >= 11 is 0. The number of amides is 1. The maximum Gasteiger partial charge on any atom is 0.231 e. The Morgan fingerprint density at radius 3 is 2.39 bits per heavy atom. The third-order valence-electron chi connectivity index (χ3n) is 6.79. The van der Waals surface area contributed by atoms with E-state index < -0.39 is 5.92 Å². The first-order valence-corrected chi connectivity index (χ1v) is 12.3. The molecular formula is C28H38FN3O. The Morgan fingerprint density at radius 2 is 1.76 bits per heavy atom. The van der Waals surface area contributed by atoms with Crippen molar-refractivity contribution < 1.29 is 9.18 Å². The molecule has 1 amide bonds. The summed E-state index contributed by atoms with van der Waals surface area (Å²) in [5.41, 5.74) is 2.76. The summed E-state index contributed by atoms with van der Waals surface area (Å²) in [6, 6.07) is 16.3. The smallest absolute Gasteiger partial charge is 0.231 e. The zero-order chi connectivity index (χ0) is 23.8. The van der Waals surface area contributed by atoms with Gasteiger partial charge in [0.25, 0.3) is 0 Å². The SMILES string of the molecule is CCCCC1C(C(=O)NCCCC(C)(C)CC)C(c2ccc(F)cc2)=NN1c1ccccc1. The van der Waals surface area contributed by atoms with E-state index in [1.54, 1.807) is 12.1 Å². The van der Waals surface area contributed by atoms with Crippen molar-refractivity contribution >= 4 is 17.3 Å². The van der Waals surface area contributed by atoms with Crippen molar-refractivity contribution in [1.82, 2.24) is 5.32 Å². The number of hydrogen-bond donors (Lipinski definition) is 1. The molecule has 0 fully saturated rings. The van der Waals surface area contributed by atoms with Gasteiger partial charge in [-0.15, -0.1) is 0 Å². The predicted octanol–water partition coefficient (Wildman–Crippen LogP) is 6.56. The van der Waals surface area contributed by atoms with Gasteiger partial charge in [0, 0.05) is 6.54 Å². The average molecular weight is 452 g/mol. The minimum atomic E-state index is -0.401. The maximum atomic E-state index is 13.6. The average Bonchev–Trinajstić information content (AvgIpc) is 3.21. The fourth-order valence-electron chi connectivity index (χ4n) is 4.33. The number of hydrogen-bond acceptors (Lipinski definition) is 3. The first kappa shape index (κ1) is 24.9. The molecule has 2 aromatic rings. The number of nitrogens with zero attached hydrogens (tertiary/aromatic N) is 2. The molecule has 1 heterocycles. The van der Waals surface area contributed by atoms with Gasteiger partial charge in [0.2, 0.25) is 5.91 Å². The minimum absolute atomic E-state index is 0.00640. The molecule has 0 radical (unpaired) electrons. The second-order valence-electron chi connectivity index (χ2n) is 9.77. The summed E-state index contributed by atoms with van der Waals surface area (Å²) in [5, 5.41) is 10.1. The topological polar surface area (TPSA) is 44.7 Å². The van der Waals surface area contributed by atoms with Crippen molar-refractivity contribution in [3.63, 3.8) is 0 Å². The summed E-state index contributed by atoms with van der Waals surface area (Å²) in [6.45, 7) is 9.56. The summed E-state index contributed by atoms with van der Waals surface area (Å²) in [4.78, 5) is 13.5. The Bertz CT molecular complexity index is 924. The Kier molecular flexibility index (Phi) is 8.65. The van der Waals surface area contributed by atoms with Crippen LogP contribution in [-0.2, 0) is 4.79 Å². The van der Waals surface area contributed by atoms with E-state index in [-0.39, 0.29) is 23.2 Å². The zero-order valence-electron chi connectivity index (χ0n) is 20.5. The van der Waals surface area contributed by atoms with Crippen LogP contribution in [0.4, 0.5) is 10.1 Å². The van der Waals surface area contributed by atoms with E-state index in [1.165, 1.54) is 12.1 Å². The lowest BCUT2D eigenvalue weighted by Gasteiger charge is -2.28. The highest BCUT2D eigenvalue weighted by atomic mass is 19.1. The number of nitrogens with one attached hydrogen (secondary N) is 1. The van der Waals surface area contributed by atoms with Crippen LogP contribution in [0.25, 0.3) is 0 Å². The van der Waals surface area contributed by atoms with Gasteiger partial charge >= 0.3 is 0 Å². The molecule has 2 atom stereocenters. The number of anilines is 1. The van der Waals surface area contributed by atoms with Crippen LogP contribution in [-0.4, -0.2) is 24.2 Å². The quantitative estimate of drug-likeness (QED) is 0.393. The lowest BCUT2D eigenvalue weighted by atomic mass is 9.85. The number of hydrazone groups is 1. The molecule has 1 aliphatic rings. The van der Waals surface area contributed by atoms with Crippen molar-refractivity contribution in [2.24, 2.45) is 16.4 Å². The molecule has 5 heteroatoms. The number of benzene rings is 2. The van der Waals surface area contributed by atoms with Crippen molar-refractivity contribution in [2.75, 3.05) is 11.6 Å². The van der Waals surface area contributed by atoms with Gasteiger partial charge in [0.15, 0.2) is 0 Å². The molecule has 33 heavy (non-hydrogen) atoms. The largest absolute Gasteiger partial charge is 0.355 e. The van der Waals surface area contributed by atoms with Crippen LogP contribution in [0.2, 0.25) is 0 Å². The molecule has 2 unspecified atom stereocenters. The molecule has 0 saturated heterocycles. The van der Waals surface area contributed by atoms with Crippen LogP contribution >= 0.6 is 0 Å². The van der Waals surface area contributed by atoms with Gasteiger partial charge in [-0.25, -0.2) is 4.39 Å². The van der Waals surface area contributed by atoms with Crippen LogP contribution in [0.1, 0.15) is 71.8 Å². The molecule has 0 bridgehead atoms. The molecule has 0 spiro atoms. The number of carbonyl (C=O) groups excluding carboxylic acids is 1. The Balaban J connectivity index is 1.87. The first-order valence-electron chi connectivity index (χ1n) is 12.3. The molecule has 0 aromatic heterocycles. The van der Waals surface area contributed by atoms with E-state index in [0.29, 0.717) is 12.3 Å². The van der Waals surface area contributed by atoms with Gasteiger partial charge in [-0.3, -0.25) is 9.80 Å². The number of carbonyl (C=O) groups is 1. The van der Waals surface area contributed by atoms with E-state index in [0.717, 1.165) is 49.8 Å². The van der Waals surface area contributed by atoms with Crippen LogP contribution in [0.3, 0.4) is 0 Å². The van der Waals surface area contributed by atoms with E-state index in [2.05, 4.69) is 33.0 Å². The highest BCUT2D eigenvalue weighted by molar-refractivity contribution is 6.15. The molecule has 178 valence electrons. The zero-order valence-corrected chi connectivity index (χ0v) is 20.5. The Morgan fingerprint density at radius 1 is 1.06 bits per heavy atom. The number of rotatable bonds is 11. The molecule has 1 N–H and O–H groups in total. The first-order chi connectivity index (χ1) is 15.9. The van der Waals surface area contributed by atoms with E-state index in [4.69, 9.17) is 5.10 Å². The fourth-order valence-corrected chi connectivity index (χ4v) is 4.33. The van der Waals surface area contributed by atoms with Crippen molar-refractivity contribution in [2.45, 2.75) is 72.3 Å². The number of para-hydroxylation sites is 1. The third-order valence-corrected chi connectivity index (χ3v) is 6.79. The lowest BCUT2D eigenvalue weighted by molar-refractivity contribution is -0.123. The molecular weight excluding hydrogens is 413 g/mol. The molecule has 4 nitrogen and oxygen atoms in total. The monoisotopic (exact) mass is 451 g/mol. The maximum absolute atomic E-state index is 13.6. The van der Waals surface area contributed by atoms with Crippen LogP contribution in [0.15, 0.2) is 59.7 Å². The lowest BCUT2D eigenvalue weighted by Crippen LogP contribution is -2.44. The van der Waals surface area contributed by atoms with Crippen LogP contribution in [0, 0.1) is 17.2 Å². The summed E-state index contributed by atoms with van der Waals surface area (Å²) in [6.07, 6.45) is 6.06. The number of unbranched alkanes of at least 4 members (excludes halogenated alkanes) is 1. The van der Waals surface area contributed by atoms with Gasteiger partial charge in [0.1, 0.15) is 11.7 Å². The van der Waals surface area contributed by atoms with E-state index in [9.17, 15) is 9.18 Å². The predicted molar refractivity (Wildman–Crippen MR) is 135 cm³/mol. The summed E-state index contributed by atoms with van der Waals surface area (Å²) in [5.74, 6) is -0.687. The molecule has 2 aromatic carbocycles. The molecule has 3 rings (SSSR count). The molecule has 0 saturated carbocycles. The van der Waals surface area contributed by atoms with Crippen LogP contribution in [0.5, 0.6) is 0 Å². The van der Waals surface area contributed by atoms with Gasteiger partial charge in [-0.05, 0) is 54.5 Å². The Labute approximate surface area is 198 Å². The summed E-state index contributed by atoms with van der Waals surface area (Å²) in [7, 11) is 0. The highest BCUT2D eigenvalue weighted by Gasteiger charge is 2.42. The minimum Gasteiger partial charge on any atom is -0.355 e. The summed E-state index contributed by atoms with van der Waals surface area (Å²) < 4.78 is 13.6.